The van der Waals surface area contributed by atoms with Gasteiger partial charge in [-0.25, -0.2) is 13.2 Å². The third-order valence-electron chi connectivity index (χ3n) is 2.89. The quantitative estimate of drug-likeness (QED) is 0.269. The molecule has 2 aromatic carbocycles. The van der Waals surface area contributed by atoms with E-state index in [-0.39, 0.29) is 5.56 Å². The van der Waals surface area contributed by atoms with Crippen LogP contribution in [0.25, 0.3) is 6.08 Å². The minimum absolute atomic E-state index is 0.0899. The zero-order chi connectivity index (χ0) is 18.8. The molecule has 0 aliphatic rings. The van der Waals surface area contributed by atoms with Crippen LogP contribution >= 0.6 is 0 Å². The fourth-order valence-corrected chi connectivity index (χ4v) is 2.91. The third-order valence-corrected chi connectivity index (χ3v) is 4.18. The molecule has 25 heavy (non-hydrogen) atoms. The molecule has 0 N–H and O–H groups in total. The molecule has 4 nitrogen and oxygen atoms in total. The molecule has 0 saturated carbocycles. The Morgan fingerprint density at radius 2 is 1.44 bits per heavy atom. The SMILES string of the molecule is N#CC=Cc1ccccc1S(=O)(=O)Oc1c(F)c(F)c(F)c(F)c1F. The maximum Gasteiger partial charge on any atom is 0.340 e. The summed E-state index contributed by atoms with van der Waals surface area (Å²) in [6, 6.07) is 6.45. The summed E-state index contributed by atoms with van der Waals surface area (Å²) in [5.74, 6) is -13.9. The summed E-state index contributed by atoms with van der Waals surface area (Å²) in [7, 11) is -4.96. The van der Waals surface area contributed by atoms with E-state index in [4.69, 9.17) is 5.26 Å². The number of nitrogens with zero attached hydrogens (tertiary/aromatic N) is 1. The molecule has 130 valence electrons. The predicted octanol–water partition coefficient (Wildman–Crippen LogP) is 3.69. The van der Waals surface area contributed by atoms with Crippen molar-refractivity contribution in [3.8, 4) is 11.8 Å². The zero-order valence-corrected chi connectivity index (χ0v) is 12.8. The molecule has 0 radical (unpaired) electrons. The fraction of sp³-hybridized carbons (Fsp3) is 0. The molecule has 10 heteroatoms. The summed E-state index contributed by atoms with van der Waals surface area (Å²) >= 11 is 0. The molecule has 0 heterocycles. The Morgan fingerprint density at radius 3 is 2.00 bits per heavy atom. The summed E-state index contributed by atoms with van der Waals surface area (Å²) in [6.45, 7) is 0. The van der Waals surface area contributed by atoms with E-state index in [0.717, 1.165) is 18.2 Å². The van der Waals surface area contributed by atoms with Crippen LogP contribution in [0, 0.1) is 40.4 Å². The van der Waals surface area contributed by atoms with E-state index in [2.05, 4.69) is 4.18 Å². The molecule has 0 atom stereocenters. The van der Waals surface area contributed by atoms with Crippen molar-refractivity contribution >= 4 is 16.2 Å². The topological polar surface area (TPSA) is 67.2 Å². The van der Waals surface area contributed by atoms with Crippen LogP contribution in [0.4, 0.5) is 22.0 Å². The molecule has 0 amide bonds. The van der Waals surface area contributed by atoms with Crippen LogP contribution in [0.3, 0.4) is 0 Å². The van der Waals surface area contributed by atoms with Crippen molar-refractivity contribution in [1.82, 2.24) is 0 Å². The van der Waals surface area contributed by atoms with E-state index < -0.39 is 49.8 Å². The molecule has 0 aromatic heterocycles. The maximum atomic E-state index is 13.6. The average molecular weight is 375 g/mol. The molecule has 2 aromatic rings. The van der Waals surface area contributed by atoms with Crippen molar-refractivity contribution in [2.24, 2.45) is 0 Å². The van der Waals surface area contributed by atoms with Gasteiger partial charge in [-0.1, -0.05) is 18.2 Å². The zero-order valence-electron chi connectivity index (χ0n) is 11.9. The highest BCUT2D eigenvalue weighted by Crippen LogP contribution is 2.32. The van der Waals surface area contributed by atoms with E-state index in [1.54, 1.807) is 6.07 Å². The number of hydrogen-bond donors (Lipinski definition) is 0. The van der Waals surface area contributed by atoms with Gasteiger partial charge in [0.2, 0.25) is 34.8 Å². The van der Waals surface area contributed by atoms with Crippen LogP contribution in [-0.4, -0.2) is 8.42 Å². The van der Waals surface area contributed by atoms with Gasteiger partial charge in [0.05, 0.1) is 6.07 Å². The Labute approximate surface area is 138 Å². The lowest BCUT2D eigenvalue weighted by molar-refractivity contribution is 0.346. The van der Waals surface area contributed by atoms with Gasteiger partial charge in [0.1, 0.15) is 4.90 Å². The van der Waals surface area contributed by atoms with E-state index in [9.17, 15) is 30.4 Å². The molecule has 0 saturated heterocycles. The van der Waals surface area contributed by atoms with Crippen LogP contribution < -0.4 is 4.18 Å². The molecule has 0 fully saturated rings. The van der Waals surface area contributed by atoms with Gasteiger partial charge in [0, 0.05) is 6.08 Å². The normalized spacial score (nSPS) is 11.5. The molecule has 2 rings (SSSR count). The van der Waals surface area contributed by atoms with Gasteiger partial charge in [-0.05, 0) is 17.7 Å². The average Bonchev–Trinajstić information content (AvgIpc) is 2.60. The van der Waals surface area contributed by atoms with Crippen molar-refractivity contribution in [3.05, 3.63) is 65.0 Å². The predicted molar refractivity (Wildman–Crippen MR) is 75.1 cm³/mol. The maximum absolute atomic E-state index is 13.6. The Hall–Kier alpha value is -2.93. The number of halogens is 5. The Bertz CT molecular complexity index is 984. The first-order valence-corrected chi connectivity index (χ1v) is 7.72. The fourth-order valence-electron chi connectivity index (χ4n) is 1.79. The van der Waals surface area contributed by atoms with E-state index in [0.29, 0.717) is 0 Å². The van der Waals surface area contributed by atoms with Gasteiger partial charge in [0.25, 0.3) is 0 Å². The highest BCUT2D eigenvalue weighted by Gasteiger charge is 2.31. The second-order valence-corrected chi connectivity index (χ2v) is 5.95. The van der Waals surface area contributed by atoms with Gasteiger partial charge in [-0.3, -0.25) is 0 Å². The first-order valence-electron chi connectivity index (χ1n) is 6.31. The van der Waals surface area contributed by atoms with Crippen LogP contribution in [0.15, 0.2) is 35.2 Å². The molecule has 0 aliphatic heterocycles. The van der Waals surface area contributed by atoms with Crippen LogP contribution in [0.5, 0.6) is 5.75 Å². The second kappa shape index (κ2) is 6.90. The molecule has 0 spiro atoms. The minimum Gasteiger partial charge on any atom is -0.372 e. The van der Waals surface area contributed by atoms with Gasteiger partial charge < -0.3 is 4.18 Å². The second-order valence-electron chi connectivity index (χ2n) is 4.44. The first-order chi connectivity index (χ1) is 11.7. The first kappa shape index (κ1) is 18.4. The van der Waals surface area contributed by atoms with Crippen LogP contribution in [-0.2, 0) is 10.1 Å². The summed E-state index contributed by atoms with van der Waals surface area (Å²) in [4.78, 5) is -0.634. The van der Waals surface area contributed by atoms with E-state index >= 15 is 0 Å². The molecule has 0 aliphatic carbocycles. The van der Waals surface area contributed by atoms with Crippen molar-refractivity contribution in [1.29, 1.82) is 5.26 Å². The van der Waals surface area contributed by atoms with Crippen molar-refractivity contribution in [2.75, 3.05) is 0 Å². The van der Waals surface area contributed by atoms with Gasteiger partial charge in [-0.2, -0.15) is 22.5 Å². The Morgan fingerprint density at radius 1 is 0.920 bits per heavy atom. The van der Waals surface area contributed by atoms with Crippen LogP contribution in [0.2, 0.25) is 0 Å². The van der Waals surface area contributed by atoms with Crippen molar-refractivity contribution in [2.45, 2.75) is 4.90 Å². The smallest absolute Gasteiger partial charge is 0.340 e. The standard InChI is InChI=1S/C15H6F5NO3S/c16-10-11(17)13(19)15(14(20)12(10)18)24-25(22,23)9-6-2-1-4-8(9)5-3-7-21/h1-6H. The molecular formula is C15H6F5NO3S. The Balaban J connectivity index is 2.60. The van der Waals surface area contributed by atoms with Gasteiger partial charge >= 0.3 is 10.1 Å². The largest absolute Gasteiger partial charge is 0.372 e. The van der Waals surface area contributed by atoms with Gasteiger partial charge in [-0.15, -0.1) is 0 Å². The number of allylic oxidation sites excluding steroid dienone is 1. The monoisotopic (exact) mass is 375 g/mol. The molecule has 0 bridgehead atoms. The van der Waals surface area contributed by atoms with E-state index in [1.165, 1.54) is 18.2 Å². The number of nitriles is 1. The van der Waals surface area contributed by atoms with Gasteiger partial charge in [0.15, 0.2) is 0 Å². The highest BCUT2D eigenvalue weighted by atomic mass is 32.2. The number of hydrogen-bond acceptors (Lipinski definition) is 4. The lowest BCUT2D eigenvalue weighted by Gasteiger charge is -2.11. The lowest BCUT2D eigenvalue weighted by Crippen LogP contribution is -2.15. The summed E-state index contributed by atoms with van der Waals surface area (Å²) in [6.07, 6.45) is 1.99. The highest BCUT2D eigenvalue weighted by molar-refractivity contribution is 7.87. The number of rotatable bonds is 4. The summed E-state index contributed by atoms with van der Waals surface area (Å²) < 4.78 is 95.0. The van der Waals surface area contributed by atoms with Crippen molar-refractivity contribution in [3.63, 3.8) is 0 Å². The number of benzene rings is 2. The van der Waals surface area contributed by atoms with E-state index in [1.807, 2.05) is 0 Å². The molecule has 0 unspecified atom stereocenters. The summed E-state index contributed by atoms with van der Waals surface area (Å²) in [5.41, 5.74) is -0.0899. The minimum atomic E-state index is -4.96. The van der Waals surface area contributed by atoms with Crippen molar-refractivity contribution < 1.29 is 34.6 Å². The van der Waals surface area contributed by atoms with Crippen LogP contribution in [0.1, 0.15) is 5.56 Å². The summed E-state index contributed by atoms with van der Waals surface area (Å²) in [5, 5.41) is 8.48. The molecular weight excluding hydrogens is 369 g/mol. The Kier molecular flexibility index (Phi) is 5.08. The third kappa shape index (κ3) is 3.46. The lowest BCUT2D eigenvalue weighted by atomic mass is 10.2.